The second kappa shape index (κ2) is 9.42. The van der Waals surface area contributed by atoms with Crippen LogP contribution in [0.3, 0.4) is 0 Å². The number of halogens is 1. The predicted octanol–water partition coefficient (Wildman–Crippen LogP) is 2.06. The van der Waals surface area contributed by atoms with Crippen molar-refractivity contribution >= 4 is 11.6 Å². The number of ether oxygens (including phenoxy) is 1. The summed E-state index contributed by atoms with van der Waals surface area (Å²) in [5.41, 5.74) is 1.15. The predicted molar refractivity (Wildman–Crippen MR) is 72.5 cm³/mol. The second-order valence-electron chi connectivity index (χ2n) is 3.86. The first kappa shape index (κ1) is 14.5. The van der Waals surface area contributed by atoms with Crippen LogP contribution in [-0.2, 0) is 11.3 Å². The number of nitrogens with one attached hydrogen (secondary N) is 2. The lowest BCUT2D eigenvalue weighted by atomic mass is 10.2. The smallest absolute Gasteiger partial charge is 0.0474 e. The molecule has 96 valence electrons. The lowest BCUT2D eigenvalue weighted by molar-refractivity contribution is 0.194. The molecule has 0 aromatic heterocycles. The molecule has 0 spiro atoms. The highest BCUT2D eigenvalue weighted by Gasteiger charge is 1.97. The van der Waals surface area contributed by atoms with Crippen LogP contribution in [0.1, 0.15) is 12.0 Å². The minimum Gasteiger partial charge on any atom is -0.385 e. The minimum absolute atomic E-state index is 0.819. The van der Waals surface area contributed by atoms with Gasteiger partial charge in [0.1, 0.15) is 0 Å². The summed E-state index contributed by atoms with van der Waals surface area (Å²) in [7, 11) is 1.73. The largest absolute Gasteiger partial charge is 0.385 e. The van der Waals surface area contributed by atoms with E-state index in [2.05, 4.69) is 10.6 Å². The van der Waals surface area contributed by atoms with E-state index in [1.165, 1.54) is 0 Å². The van der Waals surface area contributed by atoms with Crippen molar-refractivity contribution in [3.63, 3.8) is 0 Å². The molecular weight excluding hydrogens is 236 g/mol. The molecule has 2 N–H and O–H groups in total. The maximum absolute atomic E-state index is 6.05. The van der Waals surface area contributed by atoms with Gasteiger partial charge in [-0.25, -0.2) is 0 Å². The van der Waals surface area contributed by atoms with Gasteiger partial charge in [0, 0.05) is 38.4 Å². The lowest BCUT2D eigenvalue weighted by Crippen LogP contribution is -2.28. The average Bonchev–Trinajstić information content (AvgIpc) is 2.35. The van der Waals surface area contributed by atoms with Crippen molar-refractivity contribution in [1.29, 1.82) is 0 Å². The molecule has 4 heteroatoms. The summed E-state index contributed by atoms with van der Waals surface area (Å²) >= 11 is 6.05. The van der Waals surface area contributed by atoms with E-state index in [9.17, 15) is 0 Å². The van der Waals surface area contributed by atoms with E-state index in [1.807, 2.05) is 24.3 Å². The highest BCUT2D eigenvalue weighted by molar-refractivity contribution is 6.31. The molecule has 3 nitrogen and oxygen atoms in total. The number of hydrogen-bond acceptors (Lipinski definition) is 3. The number of rotatable bonds is 9. The summed E-state index contributed by atoms with van der Waals surface area (Å²) in [6, 6.07) is 7.91. The molecule has 0 aliphatic rings. The third kappa shape index (κ3) is 6.64. The third-order valence-corrected chi connectivity index (χ3v) is 2.82. The van der Waals surface area contributed by atoms with Crippen molar-refractivity contribution in [2.45, 2.75) is 13.0 Å². The molecule has 0 unspecified atom stereocenters. The summed E-state index contributed by atoms with van der Waals surface area (Å²) in [6.45, 7) is 4.55. The Morgan fingerprint density at radius 2 is 1.88 bits per heavy atom. The average molecular weight is 257 g/mol. The fourth-order valence-corrected chi connectivity index (χ4v) is 1.71. The Hall–Kier alpha value is -0.610. The van der Waals surface area contributed by atoms with Gasteiger partial charge in [0.05, 0.1) is 0 Å². The van der Waals surface area contributed by atoms with Gasteiger partial charge in [-0.3, -0.25) is 0 Å². The van der Waals surface area contributed by atoms with Gasteiger partial charge in [-0.2, -0.15) is 0 Å². The van der Waals surface area contributed by atoms with E-state index < -0.39 is 0 Å². The maximum atomic E-state index is 6.05. The van der Waals surface area contributed by atoms with Gasteiger partial charge in [-0.15, -0.1) is 0 Å². The number of methoxy groups -OCH3 is 1. The van der Waals surface area contributed by atoms with Crippen LogP contribution in [0.15, 0.2) is 24.3 Å². The quantitative estimate of drug-likeness (QED) is 0.664. The molecule has 1 aromatic rings. The zero-order chi connectivity index (χ0) is 12.3. The first-order valence-electron chi connectivity index (χ1n) is 5.98. The molecule has 17 heavy (non-hydrogen) atoms. The number of hydrogen-bond donors (Lipinski definition) is 2. The molecule has 0 saturated carbocycles. The minimum atomic E-state index is 0.819. The van der Waals surface area contributed by atoms with Crippen molar-refractivity contribution in [1.82, 2.24) is 10.6 Å². The Bertz CT molecular complexity index is 307. The fourth-order valence-electron chi connectivity index (χ4n) is 1.51. The van der Waals surface area contributed by atoms with Gasteiger partial charge >= 0.3 is 0 Å². The van der Waals surface area contributed by atoms with E-state index in [0.29, 0.717) is 0 Å². The highest BCUT2D eigenvalue weighted by Crippen LogP contribution is 2.13. The highest BCUT2D eigenvalue weighted by atomic mass is 35.5. The van der Waals surface area contributed by atoms with Gasteiger partial charge in [0.25, 0.3) is 0 Å². The standard InChI is InChI=1S/C13H21ClN2O/c1-17-10-4-7-15-8-9-16-11-12-5-2-3-6-13(12)14/h2-3,5-6,15-16H,4,7-11H2,1H3. The van der Waals surface area contributed by atoms with Gasteiger partial charge < -0.3 is 15.4 Å². The molecule has 0 amide bonds. The SMILES string of the molecule is COCCCNCCNCc1ccccc1Cl. The van der Waals surface area contributed by atoms with Crippen LogP contribution in [0.5, 0.6) is 0 Å². The van der Waals surface area contributed by atoms with Crippen LogP contribution in [0.25, 0.3) is 0 Å². The summed E-state index contributed by atoms with van der Waals surface area (Å²) in [4.78, 5) is 0. The second-order valence-corrected chi connectivity index (χ2v) is 4.27. The Morgan fingerprint density at radius 1 is 1.12 bits per heavy atom. The van der Waals surface area contributed by atoms with E-state index in [1.54, 1.807) is 7.11 Å². The topological polar surface area (TPSA) is 33.3 Å². The van der Waals surface area contributed by atoms with Crippen molar-refractivity contribution < 1.29 is 4.74 Å². The van der Waals surface area contributed by atoms with E-state index in [0.717, 1.165) is 49.8 Å². The van der Waals surface area contributed by atoms with E-state index in [4.69, 9.17) is 16.3 Å². The molecule has 0 atom stereocenters. The van der Waals surface area contributed by atoms with Crippen LogP contribution < -0.4 is 10.6 Å². The van der Waals surface area contributed by atoms with Gasteiger partial charge in [0.2, 0.25) is 0 Å². The summed E-state index contributed by atoms with van der Waals surface area (Å²) in [6.07, 6.45) is 1.06. The fraction of sp³-hybridized carbons (Fsp3) is 0.538. The number of benzene rings is 1. The lowest BCUT2D eigenvalue weighted by Gasteiger charge is -2.07. The first-order chi connectivity index (χ1) is 8.34. The van der Waals surface area contributed by atoms with Gasteiger partial charge in [-0.1, -0.05) is 29.8 Å². The molecule has 0 aliphatic heterocycles. The molecule has 0 aliphatic carbocycles. The molecule has 0 radical (unpaired) electrons. The van der Waals surface area contributed by atoms with E-state index >= 15 is 0 Å². The van der Waals surface area contributed by atoms with Gasteiger partial charge in [-0.05, 0) is 24.6 Å². The molecular formula is C13H21ClN2O. The monoisotopic (exact) mass is 256 g/mol. The normalized spacial score (nSPS) is 10.7. The molecule has 0 heterocycles. The zero-order valence-corrected chi connectivity index (χ0v) is 11.1. The van der Waals surface area contributed by atoms with Crippen molar-refractivity contribution in [3.05, 3.63) is 34.9 Å². The summed E-state index contributed by atoms with van der Waals surface area (Å²) in [5.74, 6) is 0. The van der Waals surface area contributed by atoms with Crippen molar-refractivity contribution in [2.24, 2.45) is 0 Å². The molecule has 1 aromatic carbocycles. The van der Waals surface area contributed by atoms with Crippen LogP contribution >= 0.6 is 11.6 Å². The van der Waals surface area contributed by atoms with Crippen molar-refractivity contribution in [2.75, 3.05) is 33.4 Å². The molecule has 0 saturated heterocycles. The zero-order valence-electron chi connectivity index (χ0n) is 10.3. The Labute approximate surface area is 109 Å². The first-order valence-corrected chi connectivity index (χ1v) is 6.36. The van der Waals surface area contributed by atoms with Crippen LogP contribution in [-0.4, -0.2) is 33.4 Å². The Kier molecular flexibility index (Phi) is 8.01. The summed E-state index contributed by atoms with van der Waals surface area (Å²) < 4.78 is 4.97. The van der Waals surface area contributed by atoms with Crippen LogP contribution in [0.4, 0.5) is 0 Å². The molecule has 0 fully saturated rings. The van der Waals surface area contributed by atoms with E-state index in [-0.39, 0.29) is 0 Å². The van der Waals surface area contributed by atoms with Crippen LogP contribution in [0, 0.1) is 0 Å². The summed E-state index contributed by atoms with van der Waals surface area (Å²) in [5, 5.41) is 7.53. The maximum Gasteiger partial charge on any atom is 0.0474 e. The van der Waals surface area contributed by atoms with Gasteiger partial charge in [0.15, 0.2) is 0 Å². The molecule has 1 rings (SSSR count). The molecule has 0 bridgehead atoms. The third-order valence-electron chi connectivity index (χ3n) is 2.45. The van der Waals surface area contributed by atoms with Crippen LogP contribution in [0.2, 0.25) is 5.02 Å². The Morgan fingerprint density at radius 3 is 2.65 bits per heavy atom. The Balaban J connectivity index is 1.99. The van der Waals surface area contributed by atoms with Crippen molar-refractivity contribution in [3.8, 4) is 0 Å².